The van der Waals surface area contributed by atoms with E-state index in [2.05, 4.69) is 41.1 Å². The van der Waals surface area contributed by atoms with Gasteiger partial charge in [0.05, 0.1) is 0 Å². The number of carbonyl (C=O) groups is 1. The Balaban J connectivity index is 1.88. The molecule has 1 aliphatic heterocycles. The highest BCUT2D eigenvalue weighted by atomic mass is 16.6. The molecule has 1 heterocycles. The molecule has 0 saturated carbocycles. The molecule has 0 atom stereocenters. The van der Waals surface area contributed by atoms with Gasteiger partial charge in [0.15, 0.2) is 0 Å². The molecule has 1 amide bonds. The van der Waals surface area contributed by atoms with Crippen molar-refractivity contribution in [1.82, 2.24) is 10.2 Å². The summed E-state index contributed by atoms with van der Waals surface area (Å²) in [6.07, 6.45) is 1.79. The number of hydrogen-bond acceptors (Lipinski definition) is 3. The summed E-state index contributed by atoms with van der Waals surface area (Å²) in [7, 11) is 0. The average Bonchev–Trinajstić information content (AvgIpc) is 2.57. The van der Waals surface area contributed by atoms with E-state index in [9.17, 15) is 4.79 Å². The third-order valence-corrected chi connectivity index (χ3v) is 3.52. The number of nitrogens with one attached hydrogen (secondary N) is 1. The molecule has 1 aromatic rings. The number of carbonyl (C=O) groups excluding carboxylic acids is 1. The van der Waals surface area contributed by atoms with Crippen LogP contribution in [0.15, 0.2) is 36.5 Å². The molecule has 0 fully saturated rings. The third kappa shape index (κ3) is 5.19. The van der Waals surface area contributed by atoms with Gasteiger partial charge in [-0.15, -0.1) is 0 Å². The lowest BCUT2D eigenvalue weighted by Crippen LogP contribution is -2.36. The van der Waals surface area contributed by atoms with E-state index in [-0.39, 0.29) is 0 Å². The summed E-state index contributed by atoms with van der Waals surface area (Å²) < 4.78 is 5.25. The van der Waals surface area contributed by atoms with Crippen molar-refractivity contribution in [2.45, 2.75) is 45.8 Å². The average molecular weight is 302 g/mol. The van der Waals surface area contributed by atoms with Crippen LogP contribution in [0.2, 0.25) is 0 Å². The van der Waals surface area contributed by atoms with Crippen molar-refractivity contribution in [3.8, 4) is 0 Å². The lowest BCUT2D eigenvalue weighted by atomic mass is 10.0. The predicted molar refractivity (Wildman–Crippen MR) is 88.5 cm³/mol. The Bertz CT molecular complexity index is 546. The van der Waals surface area contributed by atoms with Crippen molar-refractivity contribution < 1.29 is 9.53 Å². The van der Waals surface area contributed by atoms with Gasteiger partial charge in [-0.3, -0.25) is 10.2 Å². The molecule has 2 rings (SSSR count). The van der Waals surface area contributed by atoms with Crippen LogP contribution in [0, 0.1) is 0 Å². The van der Waals surface area contributed by atoms with E-state index >= 15 is 0 Å². The molecule has 4 heteroatoms. The molecule has 1 aromatic carbocycles. The smallest absolute Gasteiger partial charge is 0.411 e. The lowest BCUT2D eigenvalue weighted by molar-refractivity contribution is 0.0541. The highest BCUT2D eigenvalue weighted by molar-refractivity contribution is 5.69. The van der Waals surface area contributed by atoms with Crippen LogP contribution in [0.4, 0.5) is 4.79 Å². The zero-order chi connectivity index (χ0) is 16.2. The third-order valence-electron chi connectivity index (χ3n) is 3.52. The van der Waals surface area contributed by atoms with Gasteiger partial charge < -0.3 is 4.74 Å². The number of hydrogen-bond donors (Lipinski definition) is 1. The van der Waals surface area contributed by atoms with Crippen LogP contribution in [0.25, 0.3) is 0 Å². The van der Waals surface area contributed by atoms with Crippen LogP contribution in [0.1, 0.15) is 38.3 Å². The minimum absolute atomic E-state index is 0.437. The standard InChI is InChI=1S/C18H26N2O2/c1-14(19-17(21)22-18(2,3)4)12-20-11-7-10-15-8-5-6-9-16(15)13-20/h5-6,8-9H,1,7,10-13H2,2-4H3,(H,19,21). The molecular formula is C18H26N2O2. The fourth-order valence-electron chi connectivity index (χ4n) is 2.66. The van der Waals surface area contributed by atoms with Gasteiger partial charge in [-0.2, -0.15) is 0 Å². The minimum Gasteiger partial charge on any atom is -0.444 e. The monoisotopic (exact) mass is 302 g/mol. The topological polar surface area (TPSA) is 41.6 Å². The summed E-state index contributed by atoms with van der Waals surface area (Å²) in [5, 5.41) is 2.73. The number of nitrogens with zero attached hydrogens (tertiary/aromatic N) is 1. The number of benzene rings is 1. The molecule has 120 valence electrons. The summed E-state index contributed by atoms with van der Waals surface area (Å²) in [6, 6.07) is 8.55. The van der Waals surface area contributed by atoms with E-state index in [0.717, 1.165) is 25.9 Å². The molecule has 22 heavy (non-hydrogen) atoms. The predicted octanol–water partition coefficient (Wildman–Crippen LogP) is 3.47. The zero-order valence-corrected chi connectivity index (χ0v) is 13.8. The van der Waals surface area contributed by atoms with Crippen molar-refractivity contribution in [2.24, 2.45) is 0 Å². The summed E-state index contributed by atoms with van der Waals surface area (Å²) in [6.45, 7) is 12.0. The highest BCUT2D eigenvalue weighted by Gasteiger charge is 2.18. The van der Waals surface area contributed by atoms with Gasteiger partial charge in [0.1, 0.15) is 5.60 Å². The molecule has 0 bridgehead atoms. The van der Waals surface area contributed by atoms with Crippen molar-refractivity contribution >= 4 is 6.09 Å². The number of fused-ring (bicyclic) bond motifs is 1. The van der Waals surface area contributed by atoms with E-state index in [0.29, 0.717) is 12.2 Å². The van der Waals surface area contributed by atoms with Gasteiger partial charge in [-0.25, -0.2) is 4.79 Å². The van der Waals surface area contributed by atoms with E-state index in [1.807, 2.05) is 20.8 Å². The second-order valence-corrected chi connectivity index (χ2v) is 6.81. The van der Waals surface area contributed by atoms with Crippen molar-refractivity contribution in [3.05, 3.63) is 47.7 Å². The van der Waals surface area contributed by atoms with Gasteiger partial charge in [0.25, 0.3) is 0 Å². The first-order chi connectivity index (χ1) is 10.3. The first-order valence-corrected chi connectivity index (χ1v) is 7.80. The fraction of sp³-hybridized carbons (Fsp3) is 0.500. The van der Waals surface area contributed by atoms with Gasteiger partial charge >= 0.3 is 6.09 Å². The maximum absolute atomic E-state index is 11.8. The minimum atomic E-state index is -0.494. The second kappa shape index (κ2) is 6.97. The summed E-state index contributed by atoms with van der Waals surface area (Å²) >= 11 is 0. The van der Waals surface area contributed by atoms with E-state index < -0.39 is 11.7 Å². The Morgan fingerprint density at radius 1 is 1.32 bits per heavy atom. The molecule has 0 unspecified atom stereocenters. The molecule has 0 aliphatic carbocycles. The normalized spacial score (nSPS) is 15.6. The quantitative estimate of drug-likeness (QED) is 0.929. The van der Waals surface area contributed by atoms with Gasteiger partial charge in [0.2, 0.25) is 0 Å². The molecule has 1 aliphatic rings. The van der Waals surface area contributed by atoms with Crippen LogP contribution in [0.5, 0.6) is 0 Å². The summed E-state index contributed by atoms with van der Waals surface area (Å²) in [5.74, 6) is 0. The Kier molecular flexibility index (Phi) is 5.24. The van der Waals surface area contributed by atoms with Crippen LogP contribution in [-0.4, -0.2) is 29.7 Å². The largest absolute Gasteiger partial charge is 0.444 e. The van der Waals surface area contributed by atoms with Crippen molar-refractivity contribution in [2.75, 3.05) is 13.1 Å². The van der Waals surface area contributed by atoms with Gasteiger partial charge in [-0.05, 0) is 51.3 Å². The van der Waals surface area contributed by atoms with Crippen LogP contribution >= 0.6 is 0 Å². The number of ether oxygens (including phenoxy) is 1. The molecule has 1 N–H and O–H groups in total. The van der Waals surface area contributed by atoms with Crippen molar-refractivity contribution in [3.63, 3.8) is 0 Å². The summed E-state index contributed by atoms with van der Waals surface area (Å²) in [4.78, 5) is 14.1. The molecule has 4 nitrogen and oxygen atoms in total. The number of alkyl carbamates (subject to hydrolysis) is 1. The molecule has 0 spiro atoms. The lowest BCUT2D eigenvalue weighted by Gasteiger charge is -2.24. The molecule has 0 saturated heterocycles. The zero-order valence-electron chi connectivity index (χ0n) is 13.8. The summed E-state index contributed by atoms with van der Waals surface area (Å²) in [5.41, 5.74) is 2.97. The van der Waals surface area contributed by atoms with Crippen LogP contribution < -0.4 is 5.32 Å². The maximum atomic E-state index is 11.8. The van der Waals surface area contributed by atoms with Gasteiger partial charge in [-0.1, -0.05) is 30.8 Å². The van der Waals surface area contributed by atoms with Crippen LogP contribution in [-0.2, 0) is 17.7 Å². The Labute approximate surface area is 133 Å². The second-order valence-electron chi connectivity index (χ2n) is 6.81. The number of amides is 1. The Hall–Kier alpha value is -1.81. The molecule has 0 radical (unpaired) electrons. The first-order valence-electron chi connectivity index (χ1n) is 7.80. The molecular weight excluding hydrogens is 276 g/mol. The van der Waals surface area contributed by atoms with Crippen molar-refractivity contribution in [1.29, 1.82) is 0 Å². The van der Waals surface area contributed by atoms with Gasteiger partial charge in [0, 0.05) is 18.8 Å². The van der Waals surface area contributed by atoms with E-state index in [1.165, 1.54) is 11.1 Å². The number of rotatable bonds is 3. The fourth-order valence-corrected chi connectivity index (χ4v) is 2.66. The van der Waals surface area contributed by atoms with Crippen LogP contribution in [0.3, 0.4) is 0 Å². The van der Waals surface area contributed by atoms with E-state index in [1.54, 1.807) is 0 Å². The highest BCUT2D eigenvalue weighted by Crippen LogP contribution is 2.18. The Morgan fingerprint density at radius 2 is 2.00 bits per heavy atom. The first kappa shape index (κ1) is 16.6. The van der Waals surface area contributed by atoms with E-state index in [4.69, 9.17) is 4.74 Å². The SMILES string of the molecule is C=C(CN1CCCc2ccccc2C1)NC(=O)OC(C)(C)C. The number of aryl methyl sites for hydroxylation is 1. The maximum Gasteiger partial charge on any atom is 0.411 e. The molecule has 0 aromatic heterocycles. The Morgan fingerprint density at radius 3 is 2.68 bits per heavy atom.